The lowest BCUT2D eigenvalue weighted by atomic mass is 10.1. The van der Waals surface area contributed by atoms with Crippen molar-refractivity contribution in [2.24, 2.45) is 0 Å². The number of benzene rings is 1. The van der Waals surface area contributed by atoms with Crippen LogP contribution in [-0.2, 0) is 0 Å². The van der Waals surface area contributed by atoms with Crippen molar-refractivity contribution >= 4 is 46.1 Å². The van der Waals surface area contributed by atoms with Gasteiger partial charge < -0.3 is 9.80 Å². The number of piperazine rings is 1. The molecular formula is C18H17ClN4OS2. The van der Waals surface area contributed by atoms with Crippen LogP contribution in [0.1, 0.15) is 15.2 Å². The first-order valence-electron chi connectivity index (χ1n) is 8.30. The molecule has 4 rings (SSSR count). The highest BCUT2D eigenvalue weighted by Gasteiger charge is 2.27. The molecule has 1 aromatic carbocycles. The summed E-state index contributed by atoms with van der Waals surface area (Å²) in [4.78, 5) is 18.7. The number of aryl methyl sites for hydroxylation is 1. The third-order valence-electron chi connectivity index (χ3n) is 4.52. The number of anilines is 1. The molecule has 1 aliphatic rings. The van der Waals surface area contributed by atoms with Gasteiger partial charge in [0.2, 0.25) is 0 Å². The fourth-order valence-electron chi connectivity index (χ4n) is 3.12. The van der Waals surface area contributed by atoms with E-state index in [0.29, 0.717) is 23.7 Å². The maximum atomic E-state index is 13.0. The van der Waals surface area contributed by atoms with Gasteiger partial charge in [0.1, 0.15) is 10.6 Å². The minimum Gasteiger partial charge on any atom is -0.368 e. The minimum absolute atomic E-state index is 0.0193. The van der Waals surface area contributed by atoms with Crippen molar-refractivity contribution in [1.29, 1.82) is 0 Å². The summed E-state index contributed by atoms with van der Waals surface area (Å²) in [6, 6.07) is 9.86. The lowest BCUT2D eigenvalue weighted by molar-refractivity contribution is 0.0752. The van der Waals surface area contributed by atoms with Crippen molar-refractivity contribution in [3.8, 4) is 10.6 Å². The molecule has 0 radical (unpaired) electrons. The van der Waals surface area contributed by atoms with Gasteiger partial charge in [-0.3, -0.25) is 4.79 Å². The number of amides is 1. The zero-order valence-electron chi connectivity index (χ0n) is 14.2. The number of rotatable bonds is 3. The number of carbonyl (C=O) groups excluding carboxylic acids is 1. The second-order valence-corrected chi connectivity index (χ2v) is 8.28. The molecule has 1 fully saturated rings. The lowest BCUT2D eigenvalue weighted by Crippen LogP contribution is -2.48. The van der Waals surface area contributed by atoms with Gasteiger partial charge in [0.15, 0.2) is 0 Å². The Kier molecular flexibility index (Phi) is 4.93. The average Bonchev–Trinajstić information content (AvgIpc) is 3.34. The summed E-state index contributed by atoms with van der Waals surface area (Å²) in [5.74, 6) is 0.0193. The summed E-state index contributed by atoms with van der Waals surface area (Å²) in [6.07, 6.45) is 0. The van der Waals surface area contributed by atoms with Gasteiger partial charge in [-0.15, -0.1) is 16.4 Å². The lowest BCUT2D eigenvalue weighted by Gasteiger charge is -2.36. The van der Waals surface area contributed by atoms with E-state index in [1.54, 1.807) is 11.3 Å². The number of hydrogen-bond acceptors (Lipinski definition) is 6. The Bertz CT molecular complexity index is 917. The van der Waals surface area contributed by atoms with E-state index < -0.39 is 0 Å². The Balaban J connectivity index is 1.48. The molecule has 0 atom stereocenters. The first-order chi connectivity index (χ1) is 12.6. The van der Waals surface area contributed by atoms with E-state index in [9.17, 15) is 4.79 Å². The third-order valence-corrected chi connectivity index (χ3v) is 6.34. The van der Waals surface area contributed by atoms with Crippen LogP contribution in [0.25, 0.3) is 10.6 Å². The highest BCUT2D eigenvalue weighted by atomic mass is 35.5. The third kappa shape index (κ3) is 3.34. The van der Waals surface area contributed by atoms with Crippen LogP contribution in [0.3, 0.4) is 0 Å². The molecule has 1 aliphatic heterocycles. The van der Waals surface area contributed by atoms with E-state index in [0.717, 1.165) is 28.7 Å². The van der Waals surface area contributed by atoms with Gasteiger partial charge in [0, 0.05) is 36.9 Å². The number of hydrogen-bond donors (Lipinski definition) is 0. The number of thiophene rings is 1. The van der Waals surface area contributed by atoms with E-state index in [2.05, 4.69) is 21.4 Å². The zero-order valence-corrected chi connectivity index (χ0v) is 16.6. The van der Waals surface area contributed by atoms with Crippen molar-refractivity contribution < 1.29 is 4.79 Å². The normalized spacial score (nSPS) is 14.7. The fraction of sp³-hybridized carbons (Fsp3) is 0.278. The Morgan fingerprint density at radius 1 is 1.19 bits per heavy atom. The number of aromatic nitrogens is 2. The van der Waals surface area contributed by atoms with Crippen LogP contribution >= 0.6 is 34.5 Å². The van der Waals surface area contributed by atoms with Crippen LogP contribution in [0.5, 0.6) is 0 Å². The molecule has 5 nitrogen and oxygen atoms in total. The summed E-state index contributed by atoms with van der Waals surface area (Å²) >= 11 is 8.89. The quantitative estimate of drug-likeness (QED) is 0.656. The Morgan fingerprint density at radius 2 is 2.00 bits per heavy atom. The smallest absolute Gasteiger partial charge is 0.268 e. The molecule has 0 bridgehead atoms. The van der Waals surface area contributed by atoms with E-state index in [4.69, 9.17) is 11.6 Å². The number of halogens is 1. The number of carbonyl (C=O) groups is 1. The molecule has 0 aliphatic carbocycles. The SMILES string of the molecule is Cc1ccc(Cl)cc1N1CCN(C(=O)c2snnc2-c2cccs2)CC1. The molecule has 0 spiro atoms. The van der Waals surface area contributed by atoms with Crippen molar-refractivity contribution in [1.82, 2.24) is 14.5 Å². The van der Waals surface area contributed by atoms with Crippen LogP contribution < -0.4 is 4.90 Å². The van der Waals surface area contributed by atoms with Gasteiger partial charge in [0.05, 0.1) is 4.88 Å². The molecule has 1 amide bonds. The standard InChI is InChI=1S/C18H17ClN4OS2/c1-12-4-5-13(19)11-14(12)22-6-8-23(9-7-22)18(24)17-16(20-21-26-17)15-3-2-10-25-15/h2-5,10-11H,6-9H2,1H3. The highest BCUT2D eigenvalue weighted by molar-refractivity contribution is 7.14. The largest absolute Gasteiger partial charge is 0.368 e. The van der Waals surface area contributed by atoms with Crippen LogP contribution in [0.15, 0.2) is 35.7 Å². The summed E-state index contributed by atoms with van der Waals surface area (Å²) in [5.41, 5.74) is 3.03. The molecular weight excluding hydrogens is 388 g/mol. The monoisotopic (exact) mass is 404 g/mol. The Labute approximate surface area is 165 Å². The van der Waals surface area contributed by atoms with E-state index in [-0.39, 0.29) is 5.91 Å². The summed E-state index contributed by atoms with van der Waals surface area (Å²) in [7, 11) is 0. The Morgan fingerprint density at radius 3 is 2.73 bits per heavy atom. The average molecular weight is 405 g/mol. The van der Waals surface area contributed by atoms with Crippen molar-refractivity contribution in [2.45, 2.75) is 6.92 Å². The molecule has 0 saturated carbocycles. The number of nitrogens with zero attached hydrogens (tertiary/aromatic N) is 4. The van der Waals surface area contributed by atoms with Crippen LogP contribution in [0.2, 0.25) is 5.02 Å². The first-order valence-corrected chi connectivity index (χ1v) is 10.3. The van der Waals surface area contributed by atoms with Crippen molar-refractivity contribution in [2.75, 3.05) is 31.1 Å². The van der Waals surface area contributed by atoms with Gasteiger partial charge in [0.25, 0.3) is 5.91 Å². The molecule has 3 heterocycles. The van der Waals surface area contributed by atoms with Gasteiger partial charge in [-0.25, -0.2) is 0 Å². The molecule has 2 aromatic heterocycles. The topological polar surface area (TPSA) is 49.3 Å². The molecule has 0 unspecified atom stereocenters. The van der Waals surface area contributed by atoms with Crippen LogP contribution in [0.4, 0.5) is 5.69 Å². The zero-order chi connectivity index (χ0) is 18.1. The van der Waals surface area contributed by atoms with Crippen molar-refractivity contribution in [3.63, 3.8) is 0 Å². The second-order valence-electron chi connectivity index (χ2n) is 6.14. The molecule has 26 heavy (non-hydrogen) atoms. The predicted molar refractivity (Wildman–Crippen MR) is 108 cm³/mol. The maximum absolute atomic E-state index is 13.0. The maximum Gasteiger partial charge on any atom is 0.268 e. The highest BCUT2D eigenvalue weighted by Crippen LogP contribution is 2.30. The fourth-order valence-corrected chi connectivity index (χ4v) is 4.72. The molecule has 1 saturated heterocycles. The van der Waals surface area contributed by atoms with Crippen molar-refractivity contribution in [3.05, 3.63) is 51.2 Å². The van der Waals surface area contributed by atoms with Crippen LogP contribution in [-0.4, -0.2) is 46.6 Å². The van der Waals surface area contributed by atoms with E-state index in [1.165, 1.54) is 17.1 Å². The molecule has 0 N–H and O–H groups in total. The summed E-state index contributed by atoms with van der Waals surface area (Å²) in [6.45, 7) is 5.00. The van der Waals surface area contributed by atoms with Gasteiger partial charge in [-0.2, -0.15) is 0 Å². The minimum atomic E-state index is 0.0193. The summed E-state index contributed by atoms with van der Waals surface area (Å²) < 4.78 is 4.00. The Hall–Kier alpha value is -1.96. The van der Waals surface area contributed by atoms with Gasteiger partial charge in [-0.1, -0.05) is 28.2 Å². The van der Waals surface area contributed by atoms with E-state index in [1.807, 2.05) is 40.6 Å². The molecule has 8 heteroatoms. The van der Waals surface area contributed by atoms with Gasteiger partial charge >= 0.3 is 0 Å². The van der Waals surface area contributed by atoms with Crippen LogP contribution in [0, 0.1) is 6.92 Å². The predicted octanol–water partition coefficient (Wildman–Crippen LogP) is 4.19. The molecule has 3 aromatic rings. The molecule has 134 valence electrons. The summed E-state index contributed by atoms with van der Waals surface area (Å²) in [5, 5.41) is 6.88. The first kappa shape index (κ1) is 17.5. The second kappa shape index (κ2) is 7.34. The van der Waals surface area contributed by atoms with Gasteiger partial charge in [-0.05, 0) is 47.6 Å². The van der Waals surface area contributed by atoms with E-state index >= 15 is 0 Å².